The highest BCUT2D eigenvalue weighted by Crippen LogP contribution is 2.30. The molecule has 11 heteroatoms. The summed E-state index contributed by atoms with van der Waals surface area (Å²) in [6.07, 6.45) is 7.57. The van der Waals surface area contributed by atoms with Gasteiger partial charge in [-0.2, -0.15) is 4.72 Å². The van der Waals surface area contributed by atoms with Crippen LogP contribution in [0.25, 0.3) is 0 Å². The third-order valence-corrected chi connectivity index (χ3v) is 7.77. The molecule has 4 N–H and O–H groups in total. The van der Waals surface area contributed by atoms with Gasteiger partial charge in [-0.1, -0.05) is 19.3 Å². The van der Waals surface area contributed by atoms with Crippen molar-refractivity contribution in [3.8, 4) is 0 Å². The Hall–Kier alpha value is -2.91. The largest absolute Gasteiger partial charge is 0.475 e. The highest BCUT2D eigenvalue weighted by Gasteiger charge is 2.36. The Kier molecular flexibility index (Phi) is 7.23. The van der Waals surface area contributed by atoms with Crippen molar-refractivity contribution < 1.29 is 33.0 Å². The smallest absolute Gasteiger partial charge is 0.426 e. The lowest BCUT2D eigenvalue weighted by molar-refractivity contribution is -0.308. The van der Waals surface area contributed by atoms with E-state index >= 15 is 0 Å². The number of ketones is 1. The van der Waals surface area contributed by atoms with Crippen LogP contribution in [0.5, 0.6) is 0 Å². The van der Waals surface area contributed by atoms with Gasteiger partial charge in [0, 0.05) is 24.3 Å². The first-order valence-electron chi connectivity index (χ1n) is 11.2. The molecule has 2 atom stereocenters. The molecule has 0 bridgehead atoms. The molecule has 1 aromatic carbocycles. The molecule has 1 amide bonds. The summed E-state index contributed by atoms with van der Waals surface area (Å²) >= 11 is 0. The SMILES string of the molecule is O=C1[CH+]c2ccc(S(=O)(=O)NC(Cc3cccc#[n+]3)C(=O)NC(CC3CCC3)B(O)O)cc2C1. The maximum Gasteiger partial charge on any atom is 0.475 e. The standard InChI is InChI=1S/C23H25BN3O6S/c28-19-11-16-7-8-20(13-17(16)12-19)34(32,33)27-21(14-18-6-1-2-9-25-18)23(29)26-22(24(30)31)10-15-4-3-5-15/h1-2,6-8,11,13,15,21-22,27,30-31H,3-5,10,12,14H2/q+1/p+1. The van der Waals surface area contributed by atoms with E-state index in [9.17, 15) is 28.1 Å². The molecule has 2 aliphatic carbocycles. The summed E-state index contributed by atoms with van der Waals surface area (Å²) in [7, 11) is -5.90. The number of rotatable bonds is 10. The number of carbonyl (C=O) groups excluding carboxylic acids is 2. The van der Waals surface area contributed by atoms with Crippen molar-refractivity contribution in [2.24, 2.45) is 5.92 Å². The van der Waals surface area contributed by atoms with E-state index in [1.165, 1.54) is 18.6 Å². The first-order chi connectivity index (χ1) is 16.2. The fourth-order valence-electron chi connectivity index (χ4n) is 4.21. The average molecular weight is 483 g/mol. The number of nitrogens with zero attached hydrogens (tertiary/aromatic N) is 1. The minimum Gasteiger partial charge on any atom is -0.426 e. The molecular weight excluding hydrogens is 457 g/mol. The van der Waals surface area contributed by atoms with Gasteiger partial charge >= 0.3 is 19.0 Å². The zero-order chi connectivity index (χ0) is 24.3. The van der Waals surface area contributed by atoms with Gasteiger partial charge in [-0.3, -0.25) is 9.59 Å². The van der Waals surface area contributed by atoms with Crippen LogP contribution in [0.2, 0.25) is 0 Å². The molecule has 176 valence electrons. The van der Waals surface area contributed by atoms with Gasteiger partial charge in [0.15, 0.2) is 0 Å². The van der Waals surface area contributed by atoms with E-state index in [0.29, 0.717) is 29.2 Å². The van der Waals surface area contributed by atoms with Crippen molar-refractivity contribution in [2.75, 3.05) is 0 Å². The molecular formula is C23H26BN3O6S+2. The predicted octanol–water partition coefficient (Wildman–Crippen LogP) is -0.659. The van der Waals surface area contributed by atoms with Gasteiger partial charge in [-0.25, -0.2) is 8.42 Å². The quantitative estimate of drug-likeness (QED) is 0.259. The Morgan fingerprint density at radius 2 is 2.09 bits per heavy atom. The van der Waals surface area contributed by atoms with Crippen LogP contribution >= 0.6 is 0 Å². The van der Waals surface area contributed by atoms with E-state index < -0.39 is 35.0 Å². The maximum atomic E-state index is 13.2. The van der Waals surface area contributed by atoms with Gasteiger partial charge in [-0.15, -0.1) is 0 Å². The lowest BCUT2D eigenvalue weighted by Crippen LogP contribution is -2.55. The summed E-state index contributed by atoms with van der Waals surface area (Å²) in [4.78, 5) is 28.8. The average Bonchev–Trinajstić information content (AvgIpc) is 3.14. The van der Waals surface area contributed by atoms with Gasteiger partial charge in [0.25, 0.3) is 0 Å². The third kappa shape index (κ3) is 5.77. The van der Waals surface area contributed by atoms with Crippen molar-refractivity contribution in [1.82, 2.24) is 10.0 Å². The highest BCUT2D eigenvalue weighted by molar-refractivity contribution is 7.89. The molecule has 2 aliphatic rings. The number of nitrogens with one attached hydrogen (secondary N) is 2. The molecule has 9 nitrogen and oxygen atoms in total. The van der Waals surface area contributed by atoms with Crippen LogP contribution in [-0.2, 0) is 32.5 Å². The molecule has 0 spiro atoms. The van der Waals surface area contributed by atoms with Crippen LogP contribution in [0.4, 0.5) is 0 Å². The molecule has 0 saturated heterocycles. The number of fused-ring (bicyclic) bond motifs is 1. The van der Waals surface area contributed by atoms with E-state index in [2.05, 4.69) is 21.2 Å². The monoisotopic (exact) mass is 483 g/mol. The molecule has 1 fully saturated rings. The second-order valence-corrected chi connectivity index (χ2v) is 10.6. The van der Waals surface area contributed by atoms with Crippen molar-refractivity contribution in [3.63, 3.8) is 0 Å². The number of benzene rings is 1. The van der Waals surface area contributed by atoms with E-state index in [0.717, 1.165) is 19.3 Å². The van der Waals surface area contributed by atoms with Crippen LogP contribution in [-0.4, -0.2) is 49.3 Å². The van der Waals surface area contributed by atoms with E-state index in [1.54, 1.807) is 24.3 Å². The topological polar surface area (TPSA) is 147 Å². The van der Waals surface area contributed by atoms with Gasteiger partial charge in [0.05, 0.1) is 36.8 Å². The molecule has 2 unspecified atom stereocenters. The van der Waals surface area contributed by atoms with Crippen molar-refractivity contribution in [2.45, 2.75) is 55.4 Å². The van der Waals surface area contributed by atoms with Gasteiger partial charge in [-0.05, 0) is 23.4 Å². The number of amides is 1. The molecule has 0 radical (unpaired) electrons. The minimum atomic E-state index is -4.14. The Morgan fingerprint density at radius 1 is 1.29 bits per heavy atom. The van der Waals surface area contributed by atoms with E-state index in [1.807, 2.05) is 0 Å². The first kappa shape index (κ1) is 24.2. The first-order valence-corrected chi connectivity index (χ1v) is 12.7. The van der Waals surface area contributed by atoms with Gasteiger partial charge in [0.2, 0.25) is 21.7 Å². The summed E-state index contributed by atoms with van der Waals surface area (Å²) in [5, 5.41) is 22.2. The second kappa shape index (κ2) is 10.2. The predicted molar refractivity (Wildman–Crippen MR) is 121 cm³/mol. The van der Waals surface area contributed by atoms with E-state index in [-0.39, 0.29) is 23.5 Å². The fourth-order valence-corrected chi connectivity index (χ4v) is 5.45. The third-order valence-electron chi connectivity index (χ3n) is 6.30. The molecule has 1 heterocycles. The summed E-state index contributed by atoms with van der Waals surface area (Å²) in [5.74, 6) is -1.40. The summed E-state index contributed by atoms with van der Waals surface area (Å²) in [5.41, 5.74) is 1.73. The lowest BCUT2D eigenvalue weighted by atomic mass is 9.69. The maximum absolute atomic E-state index is 13.2. The van der Waals surface area contributed by atoms with E-state index in [4.69, 9.17) is 0 Å². The zero-order valence-corrected chi connectivity index (χ0v) is 19.3. The van der Waals surface area contributed by atoms with Crippen molar-refractivity contribution in [1.29, 1.82) is 0 Å². The number of sulfonamides is 1. The molecule has 1 aromatic heterocycles. The highest BCUT2D eigenvalue weighted by atomic mass is 32.2. The number of carbonyl (C=O) groups is 2. The Morgan fingerprint density at radius 3 is 2.74 bits per heavy atom. The lowest BCUT2D eigenvalue weighted by Gasteiger charge is -2.30. The van der Waals surface area contributed by atoms with Crippen LogP contribution in [0.15, 0.2) is 41.3 Å². The number of aromatic nitrogens is 1. The molecule has 4 rings (SSSR count). The van der Waals surface area contributed by atoms with Crippen LogP contribution in [0, 0.1) is 18.5 Å². The fraction of sp³-hybridized carbons (Fsp3) is 0.391. The van der Waals surface area contributed by atoms with Crippen LogP contribution < -0.4 is 15.0 Å². The number of hydrogen-bond donors (Lipinski definition) is 4. The Bertz CT molecular complexity index is 1150. The van der Waals surface area contributed by atoms with Crippen molar-refractivity contribution >= 4 is 28.8 Å². The normalized spacial score (nSPS) is 17.1. The van der Waals surface area contributed by atoms with Crippen LogP contribution in [0.1, 0.15) is 42.5 Å². The molecule has 1 saturated carbocycles. The molecule has 34 heavy (non-hydrogen) atoms. The van der Waals surface area contributed by atoms with Crippen molar-refractivity contribution in [3.05, 3.63) is 65.8 Å². The Labute approximate surface area is 199 Å². The molecule has 2 aromatic rings. The summed E-state index contributed by atoms with van der Waals surface area (Å²) in [6.45, 7) is 0. The Balaban J connectivity index is 1.54. The molecule has 0 aliphatic heterocycles. The second-order valence-electron chi connectivity index (χ2n) is 8.85. The summed E-state index contributed by atoms with van der Waals surface area (Å²) < 4.78 is 28.8. The number of hydrogen-bond acceptors (Lipinski definition) is 6. The minimum absolute atomic E-state index is 0.0583. The van der Waals surface area contributed by atoms with Gasteiger partial charge in [0.1, 0.15) is 16.5 Å². The number of Topliss-reactive ketones (excluding diaryl/α,β-unsaturated/α-hetero) is 1. The summed E-state index contributed by atoms with van der Waals surface area (Å²) in [6, 6.07) is 8.04. The van der Waals surface area contributed by atoms with Crippen LogP contribution in [0.3, 0.4) is 0 Å². The zero-order valence-electron chi connectivity index (χ0n) is 18.5. The van der Waals surface area contributed by atoms with Gasteiger partial charge < -0.3 is 15.4 Å².